The second kappa shape index (κ2) is 6.21. The molecule has 17 heavy (non-hydrogen) atoms. The molecular weight excluding hydrogens is 236 g/mol. The molecule has 0 amide bonds. The number of anilines is 2. The van der Waals surface area contributed by atoms with Gasteiger partial charge >= 0.3 is 0 Å². The van der Waals surface area contributed by atoms with Crippen LogP contribution in [0.25, 0.3) is 0 Å². The van der Waals surface area contributed by atoms with E-state index >= 15 is 0 Å². The predicted molar refractivity (Wildman–Crippen MR) is 70.0 cm³/mol. The molecular formula is C11H16N4OS. The first kappa shape index (κ1) is 13.5. The van der Waals surface area contributed by atoms with E-state index < -0.39 is 10.8 Å². The van der Waals surface area contributed by atoms with Crippen LogP contribution in [0.15, 0.2) is 12.3 Å². The van der Waals surface area contributed by atoms with Crippen molar-refractivity contribution in [2.45, 2.75) is 19.4 Å². The summed E-state index contributed by atoms with van der Waals surface area (Å²) in [5.41, 5.74) is 6.56. The van der Waals surface area contributed by atoms with Crippen LogP contribution in [0.4, 0.5) is 11.5 Å². The number of hydrogen-bond acceptors (Lipinski definition) is 5. The van der Waals surface area contributed by atoms with Crippen LogP contribution < -0.4 is 11.1 Å². The van der Waals surface area contributed by atoms with Gasteiger partial charge in [0.1, 0.15) is 6.07 Å². The lowest BCUT2D eigenvalue weighted by Gasteiger charge is -2.15. The zero-order chi connectivity index (χ0) is 12.8. The van der Waals surface area contributed by atoms with E-state index in [1.807, 2.05) is 13.0 Å². The molecule has 1 rings (SSSR count). The maximum atomic E-state index is 11.0. The second-order valence-corrected chi connectivity index (χ2v) is 5.40. The number of nitrogens with two attached hydrogens (primary N) is 1. The standard InChI is InChI=1S/C11H16N4OS/c1-8(4-6-17(2)16)15-11-10(13)9(7-12)3-5-14-11/h3,5,8H,4,6,13H2,1-2H3,(H,14,15). The minimum atomic E-state index is -0.799. The Bertz CT molecular complexity index is 455. The summed E-state index contributed by atoms with van der Waals surface area (Å²) in [4.78, 5) is 4.09. The van der Waals surface area contributed by atoms with E-state index in [1.54, 1.807) is 18.5 Å². The smallest absolute Gasteiger partial charge is 0.150 e. The molecule has 92 valence electrons. The molecule has 0 fully saturated rings. The summed E-state index contributed by atoms with van der Waals surface area (Å²) in [6, 6.07) is 3.69. The fourth-order valence-electron chi connectivity index (χ4n) is 1.33. The summed E-state index contributed by atoms with van der Waals surface area (Å²) in [6.07, 6.45) is 3.98. The number of nitriles is 1. The van der Waals surface area contributed by atoms with E-state index in [1.165, 1.54) is 0 Å². The van der Waals surface area contributed by atoms with E-state index in [-0.39, 0.29) is 6.04 Å². The van der Waals surface area contributed by atoms with Gasteiger partial charge in [-0.1, -0.05) is 0 Å². The van der Waals surface area contributed by atoms with Gasteiger partial charge in [-0.05, 0) is 19.4 Å². The Kier molecular flexibility index (Phi) is 4.91. The van der Waals surface area contributed by atoms with Crippen molar-refractivity contribution in [3.05, 3.63) is 17.8 Å². The maximum absolute atomic E-state index is 11.0. The Morgan fingerprint density at radius 2 is 2.41 bits per heavy atom. The first-order valence-electron chi connectivity index (χ1n) is 5.25. The monoisotopic (exact) mass is 252 g/mol. The first-order valence-corrected chi connectivity index (χ1v) is 6.98. The normalized spacial score (nSPS) is 13.7. The fourth-order valence-corrected chi connectivity index (χ4v) is 2.02. The summed E-state index contributed by atoms with van der Waals surface area (Å²) in [6.45, 7) is 1.97. The second-order valence-electron chi connectivity index (χ2n) is 3.84. The minimum absolute atomic E-state index is 0.114. The van der Waals surface area contributed by atoms with Crippen LogP contribution in [-0.2, 0) is 10.8 Å². The molecule has 0 saturated heterocycles. The molecule has 0 aromatic carbocycles. The van der Waals surface area contributed by atoms with Crippen LogP contribution in [0.5, 0.6) is 0 Å². The van der Waals surface area contributed by atoms with Gasteiger partial charge in [0.15, 0.2) is 5.82 Å². The van der Waals surface area contributed by atoms with E-state index in [4.69, 9.17) is 11.0 Å². The van der Waals surface area contributed by atoms with Crippen LogP contribution in [-0.4, -0.2) is 27.2 Å². The van der Waals surface area contributed by atoms with Gasteiger partial charge in [0.25, 0.3) is 0 Å². The van der Waals surface area contributed by atoms with Crippen molar-refractivity contribution < 1.29 is 4.21 Å². The van der Waals surface area contributed by atoms with Crippen molar-refractivity contribution in [2.24, 2.45) is 0 Å². The van der Waals surface area contributed by atoms with Gasteiger partial charge in [0.2, 0.25) is 0 Å². The van der Waals surface area contributed by atoms with Crippen LogP contribution >= 0.6 is 0 Å². The third-order valence-electron chi connectivity index (χ3n) is 2.33. The minimum Gasteiger partial charge on any atom is -0.395 e. The number of nitrogen functional groups attached to an aromatic ring is 1. The van der Waals surface area contributed by atoms with Crippen LogP contribution in [0.3, 0.4) is 0 Å². The van der Waals surface area contributed by atoms with Crippen molar-refractivity contribution in [1.29, 1.82) is 5.26 Å². The number of rotatable bonds is 5. The van der Waals surface area contributed by atoms with E-state index in [2.05, 4.69) is 10.3 Å². The Morgan fingerprint density at radius 3 is 3.00 bits per heavy atom. The lowest BCUT2D eigenvalue weighted by atomic mass is 10.2. The van der Waals surface area contributed by atoms with Gasteiger partial charge in [-0.2, -0.15) is 5.26 Å². The molecule has 0 aliphatic rings. The van der Waals surface area contributed by atoms with E-state index in [0.29, 0.717) is 22.8 Å². The maximum Gasteiger partial charge on any atom is 0.150 e. The molecule has 1 aromatic heterocycles. The number of pyridine rings is 1. The molecule has 3 N–H and O–H groups in total. The van der Waals surface area contributed by atoms with Gasteiger partial charge in [-0.25, -0.2) is 4.98 Å². The molecule has 2 unspecified atom stereocenters. The Morgan fingerprint density at radius 1 is 1.71 bits per heavy atom. The van der Waals surface area contributed by atoms with Gasteiger partial charge in [-0.15, -0.1) is 0 Å². The molecule has 6 heteroatoms. The predicted octanol–water partition coefficient (Wildman–Crippen LogP) is 1.10. The first-order chi connectivity index (χ1) is 8.04. The van der Waals surface area contributed by atoms with Crippen LogP contribution in [0.1, 0.15) is 18.9 Å². The van der Waals surface area contributed by atoms with E-state index in [9.17, 15) is 4.21 Å². The SMILES string of the molecule is CC(CCS(C)=O)Nc1nccc(C#N)c1N. The molecule has 0 spiro atoms. The van der Waals surface area contributed by atoms with Crippen LogP contribution in [0.2, 0.25) is 0 Å². The average molecular weight is 252 g/mol. The summed E-state index contributed by atoms with van der Waals surface area (Å²) < 4.78 is 11.0. The van der Waals surface area contributed by atoms with Crippen molar-refractivity contribution >= 4 is 22.3 Å². The third-order valence-corrected chi connectivity index (χ3v) is 3.14. The molecule has 0 aliphatic heterocycles. The Labute approximate surface area is 103 Å². The third kappa shape index (κ3) is 4.04. The van der Waals surface area contributed by atoms with Gasteiger partial charge in [0.05, 0.1) is 11.3 Å². The zero-order valence-corrected chi connectivity index (χ0v) is 10.8. The molecule has 0 bridgehead atoms. The highest BCUT2D eigenvalue weighted by molar-refractivity contribution is 7.84. The van der Waals surface area contributed by atoms with Gasteiger partial charge in [0, 0.05) is 35.0 Å². The Balaban J connectivity index is 2.69. The van der Waals surface area contributed by atoms with E-state index in [0.717, 1.165) is 6.42 Å². The van der Waals surface area contributed by atoms with Gasteiger partial charge in [-0.3, -0.25) is 4.21 Å². The van der Waals surface area contributed by atoms with Crippen molar-refractivity contribution in [3.8, 4) is 6.07 Å². The van der Waals surface area contributed by atoms with Crippen LogP contribution in [0, 0.1) is 11.3 Å². The fraction of sp³-hybridized carbons (Fsp3) is 0.455. The highest BCUT2D eigenvalue weighted by atomic mass is 32.2. The average Bonchev–Trinajstić information content (AvgIpc) is 2.29. The highest BCUT2D eigenvalue weighted by Gasteiger charge is 2.09. The molecule has 1 heterocycles. The summed E-state index contributed by atoms with van der Waals surface area (Å²) >= 11 is 0. The largest absolute Gasteiger partial charge is 0.395 e. The highest BCUT2D eigenvalue weighted by Crippen LogP contribution is 2.20. The topological polar surface area (TPSA) is 91.8 Å². The molecule has 1 aromatic rings. The molecule has 0 saturated carbocycles. The number of hydrogen-bond donors (Lipinski definition) is 2. The number of nitrogens with one attached hydrogen (secondary N) is 1. The van der Waals surface area contributed by atoms with Crippen molar-refractivity contribution in [1.82, 2.24) is 4.98 Å². The van der Waals surface area contributed by atoms with Crippen molar-refractivity contribution in [3.63, 3.8) is 0 Å². The zero-order valence-electron chi connectivity index (χ0n) is 9.93. The van der Waals surface area contributed by atoms with Crippen molar-refractivity contribution in [2.75, 3.05) is 23.1 Å². The molecule has 2 atom stereocenters. The quantitative estimate of drug-likeness (QED) is 0.818. The van der Waals surface area contributed by atoms with Gasteiger partial charge < -0.3 is 11.1 Å². The molecule has 0 aliphatic carbocycles. The number of aromatic nitrogens is 1. The summed E-state index contributed by atoms with van der Waals surface area (Å²) in [5, 5.41) is 11.9. The molecule has 0 radical (unpaired) electrons. The summed E-state index contributed by atoms with van der Waals surface area (Å²) in [5.74, 6) is 1.14. The molecule has 5 nitrogen and oxygen atoms in total. The lowest BCUT2D eigenvalue weighted by Crippen LogP contribution is -2.19. The number of nitrogens with zero attached hydrogens (tertiary/aromatic N) is 2. The Hall–Kier alpha value is -1.61. The lowest BCUT2D eigenvalue weighted by molar-refractivity contribution is 0.678. The summed E-state index contributed by atoms with van der Waals surface area (Å²) in [7, 11) is -0.799.